The van der Waals surface area contributed by atoms with E-state index in [-0.39, 0.29) is 17.4 Å². The van der Waals surface area contributed by atoms with E-state index in [1.165, 1.54) is 11.8 Å². The molecule has 0 radical (unpaired) electrons. The summed E-state index contributed by atoms with van der Waals surface area (Å²) in [7, 11) is -3.41. The monoisotopic (exact) mass is 389 g/mol. The molecule has 2 N–H and O–H groups in total. The smallest absolute Gasteiger partial charge is 0.257 e. The lowest BCUT2D eigenvalue weighted by Gasteiger charge is -2.22. The van der Waals surface area contributed by atoms with Crippen molar-refractivity contribution in [3.63, 3.8) is 0 Å². The van der Waals surface area contributed by atoms with Gasteiger partial charge in [0.05, 0.1) is 17.1 Å². The third-order valence-corrected chi connectivity index (χ3v) is 6.44. The van der Waals surface area contributed by atoms with Crippen molar-refractivity contribution >= 4 is 44.2 Å². The van der Waals surface area contributed by atoms with Gasteiger partial charge >= 0.3 is 0 Å². The molecular weight excluding hydrogens is 374 g/mol. The number of aromatic hydroxyl groups is 1. The van der Waals surface area contributed by atoms with Crippen LogP contribution in [-0.4, -0.2) is 36.9 Å². The number of anilines is 2. The zero-order chi connectivity index (χ0) is 18.5. The predicted molar refractivity (Wildman–Crippen MR) is 102 cm³/mol. The Morgan fingerprint density at radius 1 is 1.27 bits per heavy atom. The number of phenolic OH excluding ortho intramolecular Hbond substituents is 1. The SMILES string of the molecule is Cc1ccc(NC(=O)c2ccc3c(c2)SC2=NS(=O)(=O)CCN23)c(O)c1. The Labute approximate surface area is 154 Å². The molecule has 2 aliphatic rings. The van der Waals surface area contributed by atoms with Gasteiger partial charge in [-0.1, -0.05) is 6.07 Å². The lowest BCUT2D eigenvalue weighted by Crippen LogP contribution is -2.35. The van der Waals surface area contributed by atoms with E-state index in [9.17, 15) is 18.3 Å². The van der Waals surface area contributed by atoms with Gasteiger partial charge in [-0.2, -0.15) is 0 Å². The highest BCUT2D eigenvalue weighted by Gasteiger charge is 2.33. The van der Waals surface area contributed by atoms with Crippen molar-refractivity contribution in [3.8, 4) is 5.75 Å². The van der Waals surface area contributed by atoms with Crippen molar-refractivity contribution in [3.05, 3.63) is 47.5 Å². The molecule has 0 fully saturated rings. The van der Waals surface area contributed by atoms with Crippen LogP contribution in [0.5, 0.6) is 5.75 Å². The Hall–Kier alpha value is -2.52. The number of nitrogens with zero attached hydrogens (tertiary/aromatic N) is 2. The Balaban J connectivity index is 1.60. The fourth-order valence-corrected chi connectivity index (χ4v) is 5.11. The van der Waals surface area contributed by atoms with Crippen molar-refractivity contribution in [1.29, 1.82) is 0 Å². The first-order valence-corrected chi connectivity index (χ1v) is 10.3. The van der Waals surface area contributed by atoms with E-state index < -0.39 is 10.0 Å². The molecule has 2 aromatic carbocycles. The molecule has 7 nitrogen and oxygen atoms in total. The maximum Gasteiger partial charge on any atom is 0.257 e. The fraction of sp³-hybridized carbons (Fsp3) is 0.176. The average Bonchev–Trinajstić information content (AvgIpc) is 2.92. The normalized spacial score (nSPS) is 17.3. The number of hydrogen-bond donors (Lipinski definition) is 2. The molecule has 9 heteroatoms. The molecule has 0 spiro atoms. The second kappa shape index (κ2) is 6.03. The first-order chi connectivity index (χ1) is 12.3. The van der Waals surface area contributed by atoms with Crippen molar-refractivity contribution in [2.75, 3.05) is 22.5 Å². The van der Waals surface area contributed by atoms with Crippen molar-refractivity contribution in [2.45, 2.75) is 11.8 Å². The van der Waals surface area contributed by atoms with E-state index >= 15 is 0 Å². The molecule has 0 bridgehead atoms. The van der Waals surface area contributed by atoms with E-state index in [0.717, 1.165) is 16.1 Å². The number of amidine groups is 1. The summed E-state index contributed by atoms with van der Waals surface area (Å²) in [5.41, 5.74) is 2.49. The molecule has 2 aromatic rings. The summed E-state index contributed by atoms with van der Waals surface area (Å²) in [4.78, 5) is 15.1. The largest absolute Gasteiger partial charge is 0.506 e. The Bertz CT molecular complexity index is 1060. The topological polar surface area (TPSA) is 99.1 Å². The van der Waals surface area contributed by atoms with Crippen LogP contribution in [0.4, 0.5) is 11.4 Å². The van der Waals surface area contributed by atoms with Crippen molar-refractivity contribution in [2.24, 2.45) is 4.40 Å². The van der Waals surface area contributed by atoms with Crippen LogP contribution < -0.4 is 10.2 Å². The van der Waals surface area contributed by atoms with Gasteiger partial charge in [-0.25, -0.2) is 8.42 Å². The molecule has 1 amide bonds. The Morgan fingerprint density at radius 3 is 2.85 bits per heavy atom. The van der Waals surface area contributed by atoms with Gasteiger partial charge in [-0.15, -0.1) is 4.40 Å². The number of benzene rings is 2. The number of thioether (sulfide) groups is 1. The maximum atomic E-state index is 12.5. The van der Waals surface area contributed by atoms with Gasteiger partial charge < -0.3 is 15.3 Å². The van der Waals surface area contributed by atoms with E-state index in [0.29, 0.717) is 23.0 Å². The van der Waals surface area contributed by atoms with Crippen LogP contribution in [-0.2, 0) is 10.0 Å². The lowest BCUT2D eigenvalue weighted by molar-refractivity contribution is 0.102. The number of rotatable bonds is 2. The molecule has 0 saturated heterocycles. The minimum absolute atomic E-state index is 0.00516. The van der Waals surface area contributed by atoms with Crippen LogP contribution in [0.15, 0.2) is 45.7 Å². The Kier molecular flexibility index (Phi) is 3.92. The lowest BCUT2D eigenvalue weighted by atomic mass is 10.1. The summed E-state index contributed by atoms with van der Waals surface area (Å²) < 4.78 is 27.1. The molecular formula is C17H15N3O4S2. The van der Waals surface area contributed by atoms with E-state index in [2.05, 4.69) is 9.71 Å². The van der Waals surface area contributed by atoms with Gasteiger partial charge in [0.25, 0.3) is 15.9 Å². The molecule has 0 unspecified atom stereocenters. The van der Waals surface area contributed by atoms with Gasteiger partial charge in [-0.3, -0.25) is 4.79 Å². The number of fused-ring (bicyclic) bond motifs is 3. The van der Waals surface area contributed by atoms with Crippen LogP contribution in [0.1, 0.15) is 15.9 Å². The number of carbonyl (C=O) groups is 1. The van der Waals surface area contributed by atoms with Crippen molar-refractivity contribution < 1.29 is 18.3 Å². The van der Waals surface area contributed by atoms with Gasteiger partial charge in [0.2, 0.25) is 0 Å². The first kappa shape index (κ1) is 16.9. The van der Waals surface area contributed by atoms with Crippen LogP contribution in [0, 0.1) is 6.92 Å². The summed E-state index contributed by atoms with van der Waals surface area (Å²) in [6.45, 7) is 2.20. The number of amides is 1. The summed E-state index contributed by atoms with van der Waals surface area (Å²) in [6, 6.07) is 10.2. The standard InChI is InChI=1S/C17H15N3O4S2/c1-10-2-4-12(14(21)8-10)18-16(22)11-3-5-13-15(9-11)25-17-19-26(23,24)7-6-20(13)17/h2-5,8-9,21H,6-7H2,1H3,(H,18,22). The minimum atomic E-state index is -3.41. The number of nitrogens with one attached hydrogen (secondary N) is 1. The fourth-order valence-electron chi connectivity index (χ4n) is 2.81. The van der Waals surface area contributed by atoms with Crippen LogP contribution >= 0.6 is 11.8 Å². The number of hydrogen-bond acceptors (Lipinski definition) is 6. The zero-order valence-electron chi connectivity index (χ0n) is 13.8. The van der Waals surface area contributed by atoms with E-state index in [1.807, 2.05) is 11.8 Å². The molecule has 0 aromatic heterocycles. The quantitative estimate of drug-likeness (QED) is 0.766. The molecule has 0 saturated carbocycles. The molecule has 134 valence electrons. The van der Waals surface area contributed by atoms with Crippen LogP contribution in [0.3, 0.4) is 0 Å². The second-order valence-electron chi connectivity index (χ2n) is 6.07. The third kappa shape index (κ3) is 3.04. The molecule has 4 rings (SSSR count). The highest BCUT2D eigenvalue weighted by atomic mass is 32.2. The molecule has 26 heavy (non-hydrogen) atoms. The second-order valence-corrected chi connectivity index (χ2v) is 8.83. The molecule has 2 aliphatic heterocycles. The average molecular weight is 389 g/mol. The zero-order valence-corrected chi connectivity index (χ0v) is 15.4. The maximum absolute atomic E-state index is 12.5. The van der Waals surface area contributed by atoms with Gasteiger partial charge in [-0.05, 0) is 54.6 Å². The first-order valence-electron chi connectivity index (χ1n) is 7.85. The number of carbonyl (C=O) groups excluding carboxylic acids is 1. The van der Waals surface area contributed by atoms with Gasteiger partial charge in [0.1, 0.15) is 5.75 Å². The Morgan fingerprint density at radius 2 is 2.08 bits per heavy atom. The number of aryl methyl sites for hydroxylation is 1. The highest BCUT2D eigenvalue weighted by Crippen LogP contribution is 2.42. The predicted octanol–water partition coefficient (Wildman–Crippen LogP) is 2.56. The summed E-state index contributed by atoms with van der Waals surface area (Å²) in [6.07, 6.45) is 0. The third-order valence-electron chi connectivity index (χ3n) is 4.14. The van der Waals surface area contributed by atoms with Gasteiger partial charge in [0.15, 0.2) is 5.17 Å². The van der Waals surface area contributed by atoms with Gasteiger partial charge in [0, 0.05) is 17.0 Å². The summed E-state index contributed by atoms with van der Waals surface area (Å²) >= 11 is 1.23. The summed E-state index contributed by atoms with van der Waals surface area (Å²) in [5, 5.41) is 13.0. The summed E-state index contributed by atoms with van der Waals surface area (Å²) in [5.74, 6) is -0.372. The molecule has 0 atom stereocenters. The number of phenols is 1. The van der Waals surface area contributed by atoms with Crippen LogP contribution in [0.25, 0.3) is 0 Å². The number of sulfonamides is 1. The highest BCUT2D eigenvalue weighted by molar-refractivity contribution is 8.15. The van der Waals surface area contributed by atoms with E-state index in [1.54, 1.807) is 36.4 Å². The minimum Gasteiger partial charge on any atom is -0.506 e. The molecule has 0 aliphatic carbocycles. The van der Waals surface area contributed by atoms with Crippen molar-refractivity contribution in [1.82, 2.24) is 0 Å². The molecule has 2 heterocycles. The van der Waals surface area contributed by atoms with E-state index in [4.69, 9.17) is 0 Å². The van der Waals surface area contributed by atoms with Crippen LogP contribution in [0.2, 0.25) is 0 Å².